The van der Waals surface area contributed by atoms with Crippen LogP contribution in [0.4, 0.5) is 18.9 Å². The van der Waals surface area contributed by atoms with E-state index < -0.39 is 12.8 Å². The van der Waals surface area contributed by atoms with Gasteiger partial charge in [0.15, 0.2) is 6.61 Å². The number of hydrogen-bond donors (Lipinski definition) is 1. The number of halogens is 3. The van der Waals surface area contributed by atoms with Crippen LogP contribution in [0.15, 0.2) is 12.4 Å². The molecule has 2 fully saturated rings. The zero-order valence-corrected chi connectivity index (χ0v) is 12.2. The molecule has 0 saturated carbocycles. The first kappa shape index (κ1) is 15.3. The molecule has 2 saturated heterocycles. The van der Waals surface area contributed by atoms with Gasteiger partial charge in [-0.2, -0.15) is 13.2 Å². The molecule has 122 valence electrons. The summed E-state index contributed by atoms with van der Waals surface area (Å²) in [5, 5.41) is 3.37. The smallest absolute Gasteiger partial charge is 0.422 e. The number of nitrogens with zero attached hydrogens (tertiary/aromatic N) is 3. The lowest BCUT2D eigenvalue weighted by molar-refractivity contribution is -0.154. The SMILES string of the molecule is FC(F)(F)COc1ncc(N2CCC3(CCNCC3)C2)cn1. The van der Waals surface area contributed by atoms with Crippen molar-refractivity contribution in [1.29, 1.82) is 0 Å². The molecule has 0 bridgehead atoms. The zero-order valence-electron chi connectivity index (χ0n) is 12.2. The van der Waals surface area contributed by atoms with Gasteiger partial charge in [-0.15, -0.1) is 0 Å². The van der Waals surface area contributed by atoms with Gasteiger partial charge in [0, 0.05) is 13.1 Å². The summed E-state index contributed by atoms with van der Waals surface area (Å²) in [5.41, 5.74) is 1.20. The number of anilines is 1. The second-order valence-electron chi connectivity index (χ2n) is 6.05. The number of nitrogens with one attached hydrogen (secondary N) is 1. The second-order valence-corrected chi connectivity index (χ2v) is 6.05. The third-order valence-electron chi connectivity index (χ3n) is 4.45. The van der Waals surface area contributed by atoms with Crippen molar-refractivity contribution < 1.29 is 17.9 Å². The minimum atomic E-state index is -4.38. The van der Waals surface area contributed by atoms with Crippen molar-refractivity contribution in [2.24, 2.45) is 5.41 Å². The minimum absolute atomic E-state index is 0.239. The third-order valence-corrected chi connectivity index (χ3v) is 4.45. The molecular formula is C14H19F3N4O. The number of hydrogen-bond acceptors (Lipinski definition) is 5. The molecule has 0 aliphatic carbocycles. The Hall–Kier alpha value is -1.57. The van der Waals surface area contributed by atoms with Gasteiger partial charge in [-0.1, -0.05) is 0 Å². The van der Waals surface area contributed by atoms with Crippen LogP contribution in [0, 0.1) is 5.41 Å². The van der Waals surface area contributed by atoms with E-state index in [0.29, 0.717) is 5.41 Å². The molecule has 1 aromatic rings. The molecule has 0 radical (unpaired) electrons. The van der Waals surface area contributed by atoms with Gasteiger partial charge in [0.05, 0.1) is 18.1 Å². The third kappa shape index (κ3) is 3.60. The maximum absolute atomic E-state index is 12.1. The highest BCUT2D eigenvalue weighted by Gasteiger charge is 2.39. The summed E-state index contributed by atoms with van der Waals surface area (Å²) in [6, 6.07) is -0.239. The van der Waals surface area contributed by atoms with Crippen LogP contribution < -0.4 is 15.0 Å². The zero-order chi connectivity index (χ0) is 15.6. The van der Waals surface area contributed by atoms with Gasteiger partial charge < -0.3 is 15.0 Å². The highest BCUT2D eigenvalue weighted by Crippen LogP contribution is 2.40. The Bertz CT molecular complexity index is 500. The Morgan fingerprint density at radius 2 is 1.86 bits per heavy atom. The average molecular weight is 316 g/mol. The summed E-state index contributed by atoms with van der Waals surface area (Å²) in [4.78, 5) is 9.95. The van der Waals surface area contributed by atoms with Crippen molar-refractivity contribution in [1.82, 2.24) is 15.3 Å². The van der Waals surface area contributed by atoms with Crippen molar-refractivity contribution in [3.05, 3.63) is 12.4 Å². The van der Waals surface area contributed by atoms with Gasteiger partial charge >= 0.3 is 12.2 Å². The quantitative estimate of drug-likeness (QED) is 0.924. The molecule has 0 unspecified atom stereocenters. The first-order chi connectivity index (χ1) is 10.5. The van der Waals surface area contributed by atoms with Crippen LogP contribution in [0.2, 0.25) is 0 Å². The molecule has 2 aliphatic rings. The minimum Gasteiger partial charge on any atom is -0.454 e. The van der Waals surface area contributed by atoms with Crippen molar-refractivity contribution in [2.75, 3.05) is 37.7 Å². The summed E-state index contributed by atoms with van der Waals surface area (Å²) >= 11 is 0. The lowest BCUT2D eigenvalue weighted by atomic mass is 9.78. The van der Waals surface area contributed by atoms with Crippen LogP contribution in [0.25, 0.3) is 0 Å². The molecule has 0 atom stereocenters. The first-order valence-corrected chi connectivity index (χ1v) is 7.43. The van der Waals surface area contributed by atoms with E-state index in [1.807, 2.05) is 0 Å². The van der Waals surface area contributed by atoms with Crippen LogP contribution in [0.3, 0.4) is 0 Å². The van der Waals surface area contributed by atoms with Gasteiger partial charge in [-0.05, 0) is 37.8 Å². The van der Waals surface area contributed by atoms with Gasteiger partial charge in [-0.25, -0.2) is 9.97 Å². The first-order valence-electron chi connectivity index (χ1n) is 7.43. The van der Waals surface area contributed by atoms with E-state index in [2.05, 4.69) is 24.9 Å². The summed E-state index contributed by atoms with van der Waals surface area (Å²) in [6.07, 6.45) is 2.17. The fourth-order valence-corrected chi connectivity index (χ4v) is 3.21. The molecular weight excluding hydrogens is 297 g/mol. The number of ether oxygens (including phenoxy) is 1. The fourth-order valence-electron chi connectivity index (χ4n) is 3.21. The number of alkyl halides is 3. The lowest BCUT2D eigenvalue weighted by Crippen LogP contribution is -2.38. The summed E-state index contributed by atoms with van der Waals surface area (Å²) in [7, 11) is 0. The van der Waals surface area contributed by atoms with Crippen LogP contribution >= 0.6 is 0 Å². The Labute approximate surface area is 126 Å². The van der Waals surface area contributed by atoms with E-state index in [9.17, 15) is 13.2 Å². The van der Waals surface area contributed by atoms with E-state index in [4.69, 9.17) is 0 Å². The molecule has 0 amide bonds. The molecule has 3 rings (SSSR count). The predicted octanol–water partition coefficient (Wildman–Crippen LogP) is 2.00. The summed E-state index contributed by atoms with van der Waals surface area (Å²) < 4.78 is 40.7. The molecule has 22 heavy (non-hydrogen) atoms. The van der Waals surface area contributed by atoms with Crippen molar-refractivity contribution in [2.45, 2.75) is 25.4 Å². The molecule has 3 heterocycles. The molecule has 1 aromatic heterocycles. The van der Waals surface area contributed by atoms with Gasteiger partial charge in [0.25, 0.3) is 0 Å². The van der Waals surface area contributed by atoms with Crippen LogP contribution in [-0.4, -0.2) is 48.9 Å². The van der Waals surface area contributed by atoms with Crippen LogP contribution in [0.1, 0.15) is 19.3 Å². The Balaban J connectivity index is 1.59. The highest BCUT2D eigenvalue weighted by molar-refractivity contribution is 5.44. The van der Waals surface area contributed by atoms with Gasteiger partial charge in [0.2, 0.25) is 0 Å². The summed E-state index contributed by atoms with van der Waals surface area (Å²) in [6.45, 7) is 2.63. The number of piperidine rings is 1. The maximum Gasteiger partial charge on any atom is 0.422 e. The maximum atomic E-state index is 12.1. The molecule has 2 aliphatic heterocycles. The standard InChI is InChI=1S/C14H19F3N4O/c15-14(16,17)10-22-12-19-7-11(8-20-12)21-6-3-13(9-21)1-4-18-5-2-13/h7-8,18H,1-6,9-10H2. The Morgan fingerprint density at radius 1 is 1.18 bits per heavy atom. The van der Waals surface area contributed by atoms with Gasteiger partial charge in [0.1, 0.15) is 0 Å². The normalized spacial score (nSPS) is 21.3. The molecule has 0 aromatic carbocycles. The topological polar surface area (TPSA) is 50.3 Å². The van der Waals surface area contributed by atoms with E-state index in [0.717, 1.165) is 51.1 Å². The van der Waals surface area contributed by atoms with E-state index in [-0.39, 0.29) is 6.01 Å². The van der Waals surface area contributed by atoms with E-state index in [1.54, 1.807) is 12.4 Å². The van der Waals surface area contributed by atoms with Crippen LogP contribution in [-0.2, 0) is 0 Å². The molecule has 5 nitrogen and oxygen atoms in total. The second kappa shape index (κ2) is 5.91. The Morgan fingerprint density at radius 3 is 2.50 bits per heavy atom. The lowest BCUT2D eigenvalue weighted by Gasteiger charge is -2.33. The number of rotatable bonds is 3. The molecule has 1 N–H and O–H groups in total. The van der Waals surface area contributed by atoms with Crippen LogP contribution in [0.5, 0.6) is 6.01 Å². The average Bonchev–Trinajstić information content (AvgIpc) is 2.89. The van der Waals surface area contributed by atoms with Gasteiger partial charge in [-0.3, -0.25) is 0 Å². The van der Waals surface area contributed by atoms with Crippen molar-refractivity contribution in [3.8, 4) is 6.01 Å². The largest absolute Gasteiger partial charge is 0.454 e. The fraction of sp³-hybridized carbons (Fsp3) is 0.714. The van der Waals surface area contributed by atoms with Crippen molar-refractivity contribution >= 4 is 5.69 Å². The van der Waals surface area contributed by atoms with E-state index >= 15 is 0 Å². The molecule has 1 spiro atoms. The Kier molecular flexibility index (Phi) is 4.12. The predicted molar refractivity (Wildman–Crippen MR) is 74.9 cm³/mol. The highest BCUT2D eigenvalue weighted by atomic mass is 19.4. The number of aromatic nitrogens is 2. The summed E-state index contributed by atoms with van der Waals surface area (Å²) in [5.74, 6) is 0. The molecule has 8 heteroatoms. The monoisotopic (exact) mass is 316 g/mol. The van der Waals surface area contributed by atoms with Crippen molar-refractivity contribution in [3.63, 3.8) is 0 Å². The van der Waals surface area contributed by atoms with E-state index in [1.165, 1.54) is 0 Å².